The maximum absolute atomic E-state index is 9.39. The van der Waals surface area contributed by atoms with Crippen molar-refractivity contribution in [3.8, 4) is 46.0 Å². The minimum Gasteiger partial charge on any atom is -1.00 e. The van der Waals surface area contributed by atoms with Crippen molar-refractivity contribution in [3.05, 3.63) is 95.1 Å². The van der Waals surface area contributed by atoms with Crippen molar-refractivity contribution in [1.29, 1.82) is 0 Å². The Hall–Kier alpha value is -1.93. The molecular weight excluding hydrogens is 1240 g/mol. The Labute approximate surface area is 645 Å². The number of aryl methyl sites for hydroxylation is 4. The molecule has 0 radical (unpaired) electrons. The molecule has 4 aromatic rings. The third-order valence-electron chi connectivity index (χ3n) is 17.9. The van der Waals surface area contributed by atoms with Gasteiger partial charge in [-0.15, -0.1) is 11.6 Å². The number of piperidine rings is 5. The molecule has 0 bridgehead atoms. The van der Waals surface area contributed by atoms with Crippen molar-refractivity contribution in [1.82, 2.24) is 24.5 Å². The number of carbonyl (C=O) groups is 1. The van der Waals surface area contributed by atoms with Gasteiger partial charge in [-0.2, -0.15) is 0 Å². The number of hydrogen-bond acceptors (Lipinski definition) is 16. The molecule has 0 saturated carbocycles. The molecule has 0 unspecified atom stereocenters. The first kappa shape index (κ1) is 82.5. The minimum absolute atomic E-state index is 0. The summed E-state index contributed by atoms with van der Waals surface area (Å²) >= 11 is 5.59. The fourth-order valence-corrected chi connectivity index (χ4v) is 12.8. The molecule has 0 amide bonds. The average Bonchev–Trinajstić information content (AvgIpc) is 1.40. The van der Waals surface area contributed by atoms with Crippen molar-refractivity contribution >= 4 is 18.1 Å². The van der Waals surface area contributed by atoms with Gasteiger partial charge in [-0.1, -0.05) is 56.4 Å². The molecule has 4 N–H and O–H groups in total. The number of hydrogen-bond donors (Lipinski definition) is 4. The molecule has 506 valence electrons. The van der Waals surface area contributed by atoms with Crippen LogP contribution >= 0.6 is 11.6 Å². The van der Waals surface area contributed by atoms with Crippen molar-refractivity contribution < 1.29 is 159 Å². The first-order chi connectivity index (χ1) is 44.2. The smallest absolute Gasteiger partial charge is 1.00 e. The predicted molar refractivity (Wildman–Crippen MR) is 361 cm³/mol. The fourth-order valence-electron chi connectivity index (χ4n) is 12.7. The molecule has 16 nitrogen and oxygen atoms in total. The number of aromatic hydroxyl groups is 4. The van der Waals surface area contributed by atoms with Crippen molar-refractivity contribution in [2.45, 2.75) is 180 Å². The molecule has 92 heavy (non-hydrogen) atoms. The maximum Gasteiger partial charge on any atom is 1.00 e. The van der Waals surface area contributed by atoms with E-state index in [9.17, 15) is 20.4 Å². The molecule has 5 aliphatic heterocycles. The van der Waals surface area contributed by atoms with E-state index in [1.807, 2.05) is 0 Å². The van der Waals surface area contributed by atoms with Gasteiger partial charge in [0.05, 0.1) is 26.4 Å². The zero-order valence-corrected chi connectivity index (χ0v) is 63.7. The van der Waals surface area contributed by atoms with E-state index >= 15 is 0 Å². The Morgan fingerprint density at radius 3 is 0.870 bits per heavy atom. The van der Waals surface area contributed by atoms with Gasteiger partial charge >= 0.3 is 103 Å². The Morgan fingerprint density at radius 2 is 0.609 bits per heavy atom. The van der Waals surface area contributed by atoms with Crippen LogP contribution in [0.25, 0.3) is 0 Å². The number of rotatable bonds is 34. The molecule has 9 rings (SSSR count). The van der Waals surface area contributed by atoms with Crippen LogP contribution in [-0.4, -0.2) is 182 Å². The number of alkyl halides is 1. The standard InChI is InChI=1S/C48H78N4O4.C16H18O4.C8H16ClN.CH2O3.2K.H/c1-7-25-49(26-8-1)33-15-37-53-45-23-21-43(41-47(45)55-39-17-35-51-29-11-3-12-30-51)19-5-6-20-44-22-24-46(54-38-16-34-50-27-9-2-10-28-50)48(42-44)56-40-18-36-52-31-13-4-14-32-52;17-13-7-5-11(9-15(13)19)3-1-2-4-12-6-8-14(18)16(20)10-12;9-5-4-8-10-6-2-1-3-7-10;2-1-4-3;;;/h21-24,41-42H,1-20,25-40H2;5-10,17-20H,1-4H2;1-8H2;1,3H;;;/q;;;;2*+1;-1/p-1. The van der Waals surface area contributed by atoms with E-state index in [0.29, 0.717) is 0 Å². The summed E-state index contributed by atoms with van der Waals surface area (Å²) in [6.45, 7) is 21.1. The van der Waals surface area contributed by atoms with Crippen LogP contribution in [0.15, 0.2) is 72.8 Å². The molecule has 5 heterocycles. The second kappa shape index (κ2) is 52.2. The normalized spacial score (nSPS) is 16.5. The van der Waals surface area contributed by atoms with Crippen LogP contribution in [0.1, 0.15) is 178 Å². The van der Waals surface area contributed by atoms with Gasteiger partial charge in [-0.3, -0.25) is 4.79 Å². The number of likely N-dealkylation sites (tertiary alicyclic amines) is 5. The largest absolute Gasteiger partial charge is 1.00 e. The Morgan fingerprint density at radius 1 is 0.359 bits per heavy atom. The number of phenols is 4. The van der Waals surface area contributed by atoms with Gasteiger partial charge in [0.25, 0.3) is 6.47 Å². The first-order valence-electron chi connectivity index (χ1n) is 34.9. The van der Waals surface area contributed by atoms with Gasteiger partial charge in [0, 0.05) is 32.1 Å². The molecule has 5 saturated heterocycles. The van der Waals surface area contributed by atoms with Crippen LogP contribution in [0.5, 0.6) is 46.0 Å². The van der Waals surface area contributed by atoms with Gasteiger partial charge in [0.2, 0.25) is 0 Å². The number of ether oxygens (including phenoxy) is 4. The van der Waals surface area contributed by atoms with E-state index < -0.39 is 0 Å². The van der Waals surface area contributed by atoms with Gasteiger partial charge in [0.1, 0.15) is 0 Å². The zero-order chi connectivity index (χ0) is 63.5. The number of carbonyl (C=O) groups excluding carboxylic acids is 1. The second-order valence-corrected chi connectivity index (χ2v) is 25.6. The van der Waals surface area contributed by atoms with E-state index in [-0.39, 0.29) is 134 Å². The van der Waals surface area contributed by atoms with Crippen LogP contribution in [0.4, 0.5) is 0 Å². The quantitative estimate of drug-likeness (QED) is 0.00713. The zero-order valence-electron chi connectivity index (χ0n) is 57.7. The number of benzene rings is 4. The second-order valence-electron chi connectivity index (χ2n) is 25.2. The van der Waals surface area contributed by atoms with Crippen LogP contribution in [0.2, 0.25) is 0 Å². The van der Waals surface area contributed by atoms with Gasteiger partial charge < -0.3 is 75.4 Å². The van der Waals surface area contributed by atoms with Crippen LogP contribution in [-0.2, 0) is 35.4 Å². The summed E-state index contributed by atoms with van der Waals surface area (Å²) in [5.74, 6) is 4.08. The van der Waals surface area contributed by atoms with E-state index in [4.69, 9.17) is 40.6 Å². The summed E-state index contributed by atoms with van der Waals surface area (Å²) in [7, 11) is 0. The number of halogens is 1. The number of nitrogens with zero attached hydrogens (tertiary/aromatic N) is 5. The minimum atomic E-state index is -0.181. The molecule has 5 aliphatic rings. The Bertz CT molecular complexity index is 2370. The van der Waals surface area contributed by atoms with Crippen LogP contribution in [0.3, 0.4) is 0 Å². The van der Waals surface area contributed by atoms with Gasteiger partial charge in [-0.25, -0.2) is 0 Å². The summed E-state index contributed by atoms with van der Waals surface area (Å²) < 4.78 is 25.7. The third kappa shape index (κ3) is 35.5. The van der Waals surface area contributed by atoms with Gasteiger partial charge in [0.15, 0.2) is 46.0 Å². The van der Waals surface area contributed by atoms with Crippen LogP contribution < -0.4 is 127 Å². The molecule has 0 spiro atoms. The molecule has 0 aromatic heterocycles. The number of phenolic OH excluding ortho intramolecular Hbond substituents is 4. The maximum atomic E-state index is 9.39. The summed E-state index contributed by atoms with van der Waals surface area (Å²) in [5.41, 5.74) is 4.63. The SMILES string of the molecule is ClCCCN1CCCCC1.O=CO[O-].Oc1ccc(CCCCc2ccc(O)c(O)c2)cc1O.[H-].[K+].[K+].c1cc(OCCCN2CCCCC2)c(OCCCN2CCCCC2)cc1CCCCc1ccc(OCCCN2CCCCC2)c(OCCCN2CCCCC2)c1. The van der Waals surface area contributed by atoms with E-state index in [1.165, 1.54) is 192 Å². The third-order valence-corrected chi connectivity index (χ3v) is 18.1. The van der Waals surface area contributed by atoms with Crippen molar-refractivity contribution in [2.24, 2.45) is 0 Å². The monoisotopic (exact) mass is 1350 g/mol. The fraction of sp³-hybridized carbons (Fsp3) is 0.658. The topological polar surface area (TPSA) is 183 Å². The van der Waals surface area contributed by atoms with Crippen LogP contribution in [0, 0.1) is 0 Å². The molecule has 19 heteroatoms. The van der Waals surface area contributed by atoms with E-state index in [0.717, 1.165) is 176 Å². The summed E-state index contributed by atoms with van der Waals surface area (Å²) in [4.78, 5) is 24.2. The number of unbranched alkanes of at least 4 members (excludes halogenated alkanes) is 2. The summed E-state index contributed by atoms with van der Waals surface area (Å²) in [6, 6.07) is 23.1. The Balaban J connectivity index is 0.000000496. The van der Waals surface area contributed by atoms with Crippen molar-refractivity contribution in [3.63, 3.8) is 0 Å². The van der Waals surface area contributed by atoms with Gasteiger partial charge in [-0.05, 0) is 290 Å². The van der Waals surface area contributed by atoms with E-state index in [1.54, 1.807) is 24.3 Å². The Kier molecular flexibility index (Phi) is 46.8. The molecule has 5 fully saturated rings. The first-order valence-corrected chi connectivity index (χ1v) is 35.4. The predicted octanol–water partition coefficient (Wildman–Crippen LogP) is 7.00. The average molecular weight is 1350 g/mol. The summed E-state index contributed by atoms with van der Waals surface area (Å²) in [5, 5.41) is 45.6. The molecular formula is C73H114ClK2N5O11. The van der Waals surface area contributed by atoms with Crippen molar-refractivity contribution in [2.75, 3.05) is 130 Å². The van der Waals surface area contributed by atoms with E-state index in [2.05, 4.69) is 65.8 Å². The molecule has 0 aliphatic carbocycles. The molecule has 4 aromatic carbocycles. The summed E-state index contributed by atoms with van der Waals surface area (Å²) in [6.07, 6.45) is 33.7. The molecule has 0 atom stereocenters.